The lowest BCUT2D eigenvalue weighted by Crippen LogP contribution is -2.49. The van der Waals surface area contributed by atoms with Crippen molar-refractivity contribution in [1.29, 1.82) is 0 Å². The SMILES string of the molecule is COc1ccc(C(=O)N2CCC(CCCCC(=O)O)CC2)cc1N1CCC(=O)NC1=O. The van der Waals surface area contributed by atoms with Gasteiger partial charge in [0, 0.05) is 38.0 Å². The maximum Gasteiger partial charge on any atom is 0.328 e. The summed E-state index contributed by atoms with van der Waals surface area (Å²) in [6.07, 6.45) is 4.78. The predicted molar refractivity (Wildman–Crippen MR) is 113 cm³/mol. The number of carbonyl (C=O) groups is 4. The molecule has 2 aliphatic heterocycles. The fourth-order valence-corrected chi connectivity index (χ4v) is 4.14. The van der Waals surface area contributed by atoms with Crippen molar-refractivity contribution in [2.75, 3.05) is 31.6 Å². The van der Waals surface area contributed by atoms with Crippen LogP contribution in [-0.2, 0) is 9.59 Å². The van der Waals surface area contributed by atoms with Crippen molar-refractivity contribution < 1.29 is 29.0 Å². The molecule has 31 heavy (non-hydrogen) atoms. The van der Waals surface area contributed by atoms with E-state index in [1.807, 2.05) is 4.90 Å². The van der Waals surface area contributed by atoms with Crippen LogP contribution in [-0.4, -0.2) is 60.6 Å². The summed E-state index contributed by atoms with van der Waals surface area (Å²) in [6.45, 7) is 1.54. The number of likely N-dealkylation sites (tertiary alicyclic amines) is 1. The molecule has 0 aromatic heterocycles. The molecular formula is C22H29N3O6. The predicted octanol–water partition coefficient (Wildman–Crippen LogP) is 2.64. The quantitative estimate of drug-likeness (QED) is 0.611. The number of carboxylic acid groups (broad SMARTS) is 1. The number of aliphatic carboxylic acids is 1. The van der Waals surface area contributed by atoms with Gasteiger partial charge in [-0.3, -0.25) is 24.6 Å². The van der Waals surface area contributed by atoms with Crippen molar-refractivity contribution in [1.82, 2.24) is 10.2 Å². The monoisotopic (exact) mass is 431 g/mol. The number of ether oxygens (including phenoxy) is 1. The molecule has 9 nitrogen and oxygen atoms in total. The van der Waals surface area contributed by atoms with E-state index in [9.17, 15) is 19.2 Å². The second-order valence-electron chi connectivity index (χ2n) is 8.02. The fraction of sp³-hybridized carbons (Fsp3) is 0.545. The van der Waals surface area contributed by atoms with Crippen LogP contribution in [0.4, 0.5) is 10.5 Å². The zero-order valence-electron chi connectivity index (χ0n) is 17.8. The number of carbonyl (C=O) groups excluding carboxylic acids is 3. The number of nitrogens with zero attached hydrogens (tertiary/aromatic N) is 2. The molecule has 1 aromatic carbocycles. The molecule has 0 aliphatic carbocycles. The molecule has 2 fully saturated rings. The Morgan fingerprint density at radius 3 is 2.55 bits per heavy atom. The third-order valence-electron chi connectivity index (χ3n) is 5.93. The Bertz CT molecular complexity index is 848. The summed E-state index contributed by atoms with van der Waals surface area (Å²) in [4.78, 5) is 50.6. The molecule has 2 saturated heterocycles. The summed E-state index contributed by atoms with van der Waals surface area (Å²) < 4.78 is 5.36. The Morgan fingerprint density at radius 2 is 1.90 bits per heavy atom. The number of amides is 4. The van der Waals surface area contributed by atoms with Crippen molar-refractivity contribution >= 4 is 29.5 Å². The average molecular weight is 431 g/mol. The molecule has 1 aromatic rings. The lowest BCUT2D eigenvalue weighted by atomic mass is 9.91. The molecule has 0 unspecified atom stereocenters. The van der Waals surface area contributed by atoms with Crippen molar-refractivity contribution in [2.45, 2.75) is 44.9 Å². The van der Waals surface area contributed by atoms with Crippen LogP contribution in [0, 0.1) is 5.92 Å². The highest BCUT2D eigenvalue weighted by Gasteiger charge is 2.29. The van der Waals surface area contributed by atoms with Gasteiger partial charge in [-0.2, -0.15) is 0 Å². The van der Waals surface area contributed by atoms with E-state index < -0.39 is 12.0 Å². The van der Waals surface area contributed by atoms with Crippen LogP contribution in [0.2, 0.25) is 0 Å². The van der Waals surface area contributed by atoms with Gasteiger partial charge in [-0.1, -0.05) is 12.8 Å². The van der Waals surface area contributed by atoms with Crippen LogP contribution in [0.3, 0.4) is 0 Å². The molecule has 0 saturated carbocycles. The van der Waals surface area contributed by atoms with Crippen molar-refractivity contribution in [3.05, 3.63) is 23.8 Å². The Balaban J connectivity index is 1.61. The van der Waals surface area contributed by atoms with Gasteiger partial charge in [0.05, 0.1) is 12.8 Å². The Morgan fingerprint density at radius 1 is 1.16 bits per heavy atom. The Kier molecular flexibility index (Phi) is 7.49. The van der Waals surface area contributed by atoms with E-state index in [4.69, 9.17) is 9.84 Å². The normalized spacial score (nSPS) is 17.5. The number of carboxylic acids is 1. The molecule has 0 spiro atoms. The summed E-state index contributed by atoms with van der Waals surface area (Å²) in [6, 6.07) is 4.48. The fourth-order valence-electron chi connectivity index (χ4n) is 4.14. The first kappa shape index (κ1) is 22.6. The van der Waals surface area contributed by atoms with Gasteiger partial charge in [0.15, 0.2) is 0 Å². The summed E-state index contributed by atoms with van der Waals surface area (Å²) in [5.41, 5.74) is 0.937. The highest BCUT2D eigenvalue weighted by Crippen LogP contribution is 2.32. The van der Waals surface area contributed by atoms with Crippen LogP contribution in [0.15, 0.2) is 18.2 Å². The molecule has 0 atom stereocenters. The zero-order valence-corrected chi connectivity index (χ0v) is 17.8. The zero-order chi connectivity index (χ0) is 22.4. The van der Waals surface area contributed by atoms with E-state index in [1.54, 1.807) is 18.2 Å². The molecular weight excluding hydrogens is 402 g/mol. The van der Waals surface area contributed by atoms with E-state index >= 15 is 0 Å². The molecule has 0 bridgehead atoms. The first-order valence-electron chi connectivity index (χ1n) is 10.7. The maximum absolute atomic E-state index is 13.1. The number of piperidine rings is 1. The number of benzene rings is 1. The molecule has 2 aliphatic rings. The van der Waals surface area contributed by atoms with E-state index in [0.29, 0.717) is 42.4 Å². The summed E-state index contributed by atoms with van der Waals surface area (Å²) >= 11 is 0. The Hall–Kier alpha value is -3.10. The third-order valence-corrected chi connectivity index (χ3v) is 5.93. The number of unbranched alkanes of at least 4 members (excludes halogenated alkanes) is 1. The average Bonchev–Trinajstić information content (AvgIpc) is 2.76. The summed E-state index contributed by atoms with van der Waals surface area (Å²) in [5.74, 6) is -0.201. The Labute approximate surface area is 181 Å². The molecule has 2 heterocycles. The van der Waals surface area contributed by atoms with Crippen molar-refractivity contribution in [3.8, 4) is 5.75 Å². The van der Waals surface area contributed by atoms with Gasteiger partial charge in [0.2, 0.25) is 5.91 Å². The number of methoxy groups -OCH3 is 1. The maximum atomic E-state index is 13.1. The van der Waals surface area contributed by atoms with Crippen LogP contribution in [0.25, 0.3) is 0 Å². The number of hydrogen-bond donors (Lipinski definition) is 2. The number of imide groups is 1. The topological polar surface area (TPSA) is 116 Å². The van der Waals surface area contributed by atoms with Crippen LogP contribution >= 0.6 is 0 Å². The van der Waals surface area contributed by atoms with Crippen LogP contribution in [0.5, 0.6) is 5.75 Å². The molecule has 9 heteroatoms. The molecule has 3 rings (SSSR count). The minimum Gasteiger partial charge on any atom is -0.495 e. The second kappa shape index (κ2) is 10.3. The molecule has 168 valence electrons. The standard InChI is InChI=1S/C22H29N3O6/c1-31-18-7-6-16(14-17(18)25-13-10-19(26)23-22(25)30)21(29)24-11-8-15(9-12-24)4-2-3-5-20(27)28/h6-7,14-15H,2-5,8-13H2,1H3,(H,27,28)(H,23,26,30). The first-order chi connectivity index (χ1) is 14.9. The van der Waals surface area contributed by atoms with E-state index in [2.05, 4.69) is 5.32 Å². The summed E-state index contributed by atoms with van der Waals surface area (Å²) in [7, 11) is 1.49. The van der Waals surface area contributed by atoms with E-state index in [1.165, 1.54) is 12.0 Å². The lowest BCUT2D eigenvalue weighted by molar-refractivity contribution is -0.137. The highest BCUT2D eigenvalue weighted by molar-refractivity contribution is 6.07. The minimum absolute atomic E-state index is 0.0956. The van der Waals surface area contributed by atoms with Gasteiger partial charge in [-0.05, 0) is 43.4 Å². The van der Waals surface area contributed by atoms with E-state index in [-0.39, 0.29) is 31.2 Å². The largest absolute Gasteiger partial charge is 0.495 e. The van der Waals surface area contributed by atoms with Gasteiger partial charge >= 0.3 is 12.0 Å². The van der Waals surface area contributed by atoms with Gasteiger partial charge < -0.3 is 14.7 Å². The highest BCUT2D eigenvalue weighted by atomic mass is 16.5. The lowest BCUT2D eigenvalue weighted by Gasteiger charge is -2.33. The van der Waals surface area contributed by atoms with Crippen molar-refractivity contribution in [2.24, 2.45) is 5.92 Å². The number of rotatable bonds is 8. The number of anilines is 1. The van der Waals surface area contributed by atoms with Crippen LogP contribution in [0.1, 0.15) is 55.3 Å². The van der Waals surface area contributed by atoms with Gasteiger partial charge in [0.25, 0.3) is 5.91 Å². The number of hydrogen-bond acceptors (Lipinski definition) is 5. The minimum atomic E-state index is -0.757. The smallest absolute Gasteiger partial charge is 0.328 e. The number of nitrogens with one attached hydrogen (secondary N) is 1. The number of urea groups is 1. The molecule has 2 N–H and O–H groups in total. The van der Waals surface area contributed by atoms with Gasteiger partial charge in [0.1, 0.15) is 5.75 Å². The molecule has 0 radical (unpaired) electrons. The summed E-state index contributed by atoms with van der Waals surface area (Å²) in [5, 5.41) is 11.0. The van der Waals surface area contributed by atoms with Gasteiger partial charge in [-0.25, -0.2) is 4.79 Å². The van der Waals surface area contributed by atoms with Crippen LogP contribution < -0.4 is 15.0 Å². The van der Waals surface area contributed by atoms with Crippen molar-refractivity contribution in [3.63, 3.8) is 0 Å². The second-order valence-corrected chi connectivity index (χ2v) is 8.02. The van der Waals surface area contributed by atoms with E-state index in [0.717, 1.165) is 25.7 Å². The molecule has 4 amide bonds. The first-order valence-corrected chi connectivity index (χ1v) is 10.7. The van der Waals surface area contributed by atoms with Gasteiger partial charge in [-0.15, -0.1) is 0 Å². The third kappa shape index (κ3) is 5.74.